The zero-order chi connectivity index (χ0) is 19.7. The van der Waals surface area contributed by atoms with Crippen LogP contribution in [-0.4, -0.2) is 62.6 Å². The van der Waals surface area contributed by atoms with E-state index in [-0.39, 0.29) is 25.0 Å². The van der Waals surface area contributed by atoms with E-state index in [1.165, 1.54) is 12.5 Å². The van der Waals surface area contributed by atoms with Crippen molar-refractivity contribution in [3.63, 3.8) is 0 Å². The molecule has 0 radical (unpaired) electrons. The number of nitrogens with two attached hydrogens (primary N) is 2. The van der Waals surface area contributed by atoms with Crippen LogP contribution in [0, 0.1) is 0 Å². The van der Waals surface area contributed by atoms with E-state index in [4.69, 9.17) is 16.6 Å². The van der Waals surface area contributed by atoms with E-state index in [0.717, 1.165) is 0 Å². The molecule has 0 aliphatic carbocycles. The maximum atomic E-state index is 12.3. The number of thiol groups is 1. The molecule has 1 heterocycles. The van der Waals surface area contributed by atoms with Crippen LogP contribution in [0.1, 0.15) is 18.5 Å². The molecule has 26 heavy (non-hydrogen) atoms. The summed E-state index contributed by atoms with van der Waals surface area (Å²) >= 11 is 3.85. The second-order valence-electron chi connectivity index (χ2n) is 5.54. The highest BCUT2D eigenvalue weighted by Gasteiger charge is 2.27. The van der Waals surface area contributed by atoms with Gasteiger partial charge in [-0.1, -0.05) is 0 Å². The van der Waals surface area contributed by atoms with Crippen molar-refractivity contribution in [2.45, 2.75) is 37.4 Å². The molecule has 3 atom stereocenters. The van der Waals surface area contributed by atoms with Crippen molar-refractivity contribution < 1.29 is 24.3 Å². The first-order valence-electron chi connectivity index (χ1n) is 7.70. The number of aromatic amines is 1. The number of aliphatic carboxylic acids is 1. The predicted molar refractivity (Wildman–Crippen MR) is 94.0 cm³/mol. The highest BCUT2D eigenvalue weighted by Crippen LogP contribution is 2.02. The molecule has 0 aliphatic heterocycles. The minimum atomic E-state index is -1.27. The summed E-state index contributed by atoms with van der Waals surface area (Å²) in [5.41, 5.74) is 11.5. The van der Waals surface area contributed by atoms with Crippen LogP contribution in [0.5, 0.6) is 0 Å². The number of nitrogens with zero attached hydrogens (tertiary/aromatic N) is 1. The van der Waals surface area contributed by atoms with Gasteiger partial charge < -0.3 is 32.2 Å². The average Bonchev–Trinajstić information content (AvgIpc) is 3.08. The van der Waals surface area contributed by atoms with Crippen molar-refractivity contribution in [2.75, 3.05) is 5.75 Å². The first-order chi connectivity index (χ1) is 12.2. The zero-order valence-corrected chi connectivity index (χ0v) is 14.7. The quantitative estimate of drug-likeness (QED) is 0.205. The second kappa shape index (κ2) is 10.4. The minimum absolute atomic E-state index is 0.0946. The number of amides is 3. The number of carboxylic acid groups (broad SMARTS) is 1. The number of carbonyl (C=O) groups is 4. The Morgan fingerprint density at radius 1 is 1.23 bits per heavy atom. The summed E-state index contributed by atoms with van der Waals surface area (Å²) in [7, 11) is 0. The number of carbonyl (C=O) groups excluding carboxylic acids is 3. The summed E-state index contributed by atoms with van der Waals surface area (Å²) in [6, 6.07) is -3.37. The standard InChI is InChI=1S/C14H22N6O5S/c15-8(3-7-4-17-6-18-7)12(22)19-9(1-2-11(16)21)13(23)20-10(5-26)14(24)25/h4,6,8-10,26H,1-3,5,15H2,(H2,16,21)(H,17,18)(H,19,22)(H,20,23)(H,24,25). The van der Waals surface area contributed by atoms with Crippen LogP contribution in [0.3, 0.4) is 0 Å². The Balaban J connectivity index is 2.74. The third-order valence-electron chi connectivity index (χ3n) is 3.44. The fraction of sp³-hybridized carbons (Fsp3) is 0.500. The van der Waals surface area contributed by atoms with Gasteiger partial charge in [-0.3, -0.25) is 14.4 Å². The van der Waals surface area contributed by atoms with E-state index in [9.17, 15) is 19.2 Å². The zero-order valence-electron chi connectivity index (χ0n) is 13.8. The maximum absolute atomic E-state index is 12.3. The monoisotopic (exact) mass is 386 g/mol. The topological polar surface area (TPSA) is 193 Å². The smallest absolute Gasteiger partial charge is 0.327 e. The van der Waals surface area contributed by atoms with Crippen molar-refractivity contribution in [1.29, 1.82) is 0 Å². The molecule has 0 aromatic carbocycles. The number of imidazole rings is 1. The number of hydrogen-bond donors (Lipinski definition) is 7. The van der Waals surface area contributed by atoms with E-state index in [0.29, 0.717) is 5.69 Å². The molecule has 3 unspecified atom stereocenters. The Morgan fingerprint density at radius 3 is 2.38 bits per heavy atom. The van der Waals surface area contributed by atoms with Gasteiger partial charge in [0.05, 0.1) is 12.4 Å². The summed E-state index contributed by atoms with van der Waals surface area (Å²) in [4.78, 5) is 53.1. The van der Waals surface area contributed by atoms with Crippen LogP contribution in [0.4, 0.5) is 0 Å². The summed E-state index contributed by atoms with van der Waals surface area (Å²) in [6.07, 6.45) is 2.83. The molecule has 1 aromatic heterocycles. The second-order valence-corrected chi connectivity index (χ2v) is 5.90. The molecule has 8 N–H and O–H groups in total. The van der Waals surface area contributed by atoms with Crippen molar-refractivity contribution in [2.24, 2.45) is 11.5 Å². The lowest BCUT2D eigenvalue weighted by atomic mass is 10.1. The van der Waals surface area contributed by atoms with Crippen molar-refractivity contribution in [1.82, 2.24) is 20.6 Å². The Hall–Kier alpha value is -2.60. The van der Waals surface area contributed by atoms with Crippen molar-refractivity contribution in [3.8, 4) is 0 Å². The highest BCUT2D eigenvalue weighted by molar-refractivity contribution is 7.80. The summed E-state index contributed by atoms with van der Waals surface area (Å²) < 4.78 is 0. The number of hydrogen-bond acceptors (Lipinski definition) is 7. The van der Waals surface area contributed by atoms with E-state index < -0.39 is 41.8 Å². The van der Waals surface area contributed by atoms with Gasteiger partial charge in [0, 0.05) is 30.5 Å². The first kappa shape index (κ1) is 21.4. The predicted octanol–water partition coefficient (Wildman–Crippen LogP) is -2.47. The molecule has 12 heteroatoms. The number of primary amides is 1. The average molecular weight is 386 g/mol. The lowest BCUT2D eigenvalue weighted by Crippen LogP contribution is -2.55. The molecule has 0 spiro atoms. The molecular weight excluding hydrogens is 364 g/mol. The molecule has 3 amide bonds. The van der Waals surface area contributed by atoms with Crippen LogP contribution in [0.15, 0.2) is 12.5 Å². The molecule has 0 saturated carbocycles. The van der Waals surface area contributed by atoms with Crippen molar-refractivity contribution in [3.05, 3.63) is 18.2 Å². The molecule has 0 bridgehead atoms. The largest absolute Gasteiger partial charge is 0.480 e. The normalized spacial score (nSPS) is 14.1. The third-order valence-corrected chi connectivity index (χ3v) is 3.81. The van der Waals surface area contributed by atoms with E-state index in [2.05, 4.69) is 33.2 Å². The van der Waals surface area contributed by atoms with Gasteiger partial charge in [0.1, 0.15) is 12.1 Å². The number of rotatable bonds is 11. The lowest BCUT2D eigenvalue weighted by Gasteiger charge is -2.22. The summed E-state index contributed by atoms with van der Waals surface area (Å²) in [6.45, 7) is 0. The van der Waals surface area contributed by atoms with Gasteiger partial charge in [0.25, 0.3) is 0 Å². The Labute approximate surface area is 154 Å². The molecule has 1 rings (SSSR count). The fourth-order valence-corrected chi connectivity index (χ4v) is 2.27. The molecule has 0 aliphatic rings. The van der Waals surface area contributed by atoms with Crippen LogP contribution in [0.2, 0.25) is 0 Å². The number of nitrogens with one attached hydrogen (secondary N) is 3. The van der Waals surface area contributed by atoms with Gasteiger partial charge in [0.2, 0.25) is 17.7 Å². The van der Waals surface area contributed by atoms with Crippen molar-refractivity contribution >= 4 is 36.3 Å². The molecule has 0 saturated heterocycles. The Bertz CT molecular complexity index is 638. The van der Waals surface area contributed by atoms with Gasteiger partial charge in [-0.2, -0.15) is 12.6 Å². The lowest BCUT2D eigenvalue weighted by molar-refractivity contribution is -0.141. The molecule has 1 aromatic rings. The Kier molecular flexibility index (Phi) is 8.58. The molecule has 0 fully saturated rings. The van der Waals surface area contributed by atoms with Crippen LogP contribution in [-0.2, 0) is 25.6 Å². The SMILES string of the molecule is NC(=O)CCC(NC(=O)C(N)Cc1cnc[nH]1)C(=O)NC(CS)C(=O)O. The molecule has 11 nitrogen and oxygen atoms in total. The number of aromatic nitrogens is 2. The summed E-state index contributed by atoms with van der Waals surface area (Å²) in [5.74, 6) is -3.49. The molecular formula is C14H22N6O5S. The van der Waals surface area contributed by atoms with Gasteiger partial charge in [-0.05, 0) is 6.42 Å². The van der Waals surface area contributed by atoms with Gasteiger partial charge in [0.15, 0.2) is 0 Å². The maximum Gasteiger partial charge on any atom is 0.327 e. The van der Waals surface area contributed by atoms with Crippen LogP contribution >= 0.6 is 12.6 Å². The van der Waals surface area contributed by atoms with Crippen LogP contribution in [0.25, 0.3) is 0 Å². The van der Waals surface area contributed by atoms with E-state index >= 15 is 0 Å². The van der Waals surface area contributed by atoms with Gasteiger partial charge >= 0.3 is 5.97 Å². The molecule has 144 valence electrons. The summed E-state index contributed by atoms with van der Waals surface area (Å²) in [5, 5.41) is 13.6. The Morgan fingerprint density at radius 2 is 1.88 bits per heavy atom. The van der Waals surface area contributed by atoms with Gasteiger partial charge in [-0.25, -0.2) is 9.78 Å². The van der Waals surface area contributed by atoms with E-state index in [1.54, 1.807) is 0 Å². The highest BCUT2D eigenvalue weighted by atomic mass is 32.1. The number of carboxylic acids is 1. The van der Waals surface area contributed by atoms with E-state index in [1.807, 2.05) is 0 Å². The third kappa shape index (κ3) is 7.11. The fourth-order valence-electron chi connectivity index (χ4n) is 2.02. The first-order valence-corrected chi connectivity index (χ1v) is 8.33. The minimum Gasteiger partial charge on any atom is -0.480 e. The van der Waals surface area contributed by atoms with Gasteiger partial charge in [-0.15, -0.1) is 0 Å². The number of H-pyrrole nitrogens is 1. The van der Waals surface area contributed by atoms with Crippen LogP contribution < -0.4 is 22.1 Å².